The van der Waals surface area contributed by atoms with Crippen LogP contribution in [0.15, 0.2) is 18.3 Å². The summed E-state index contributed by atoms with van der Waals surface area (Å²) in [4.78, 5) is 3.94. The predicted molar refractivity (Wildman–Crippen MR) is 55.6 cm³/mol. The second-order valence-corrected chi connectivity index (χ2v) is 3.13. The average Bonchev–Trinajstić information content (AvgIpc) is 2.18. The van der Waals surface area contributed by atoms with Crippen molar-refractivity contribution in [2.45, 2.75) is 26.4 Å². The van der Waals surface area contributed by atoms with Gasteiger partial charge in [-0.05, 0) is 19.4 Å². The third kappa shape index (κ3) is 2.73. The van der Waals surface area contributed by atoms with Crippen LogP contribution in [0.25, 0.3) is 0 Å². The second kappa shape index (κ2) is 4.60. The summed E-state index contributed by atoms with van der Waals surface area (Å²) in [5.74, 6) is 0.666. The summed E-state index contributed by atoms with van der Waals surface area (Å²) < 4.78 is 5.56. The van der Waals surface area contributed by atoms with Gasteiger partial charge in [0.05, 0.1) is 6.10 Å². The fourth-order valence-corrected chi connectivity index (χ4v) is 0.947. The molecule has 14 heavy (non-hydrogen) atoms. The van der Waals surface area contributed by atoms with Crippen LogP contribution in [0.5, 0.6) is 5.75 Å². The smallest absolute Gasteiger partial charge is 0.141 e. The third-order valence-corrected chi connectivity index (χ3v) is 1.92. The summed E-state index contributed by atoms with van der Waals surface area (Å²) in [5, 5.41) is 7.22. The Morgan fingerprint density at radius 1 is 1.71 bits per heavy atom. The lowest BCUT2D eigenvalue weighted by atomic mass is 10.3. The number of aromatic nitrogens is 1. The van der Waals surface area contributed by atoms with E-state index in [4.69, 9.17) is 15.9 Å². The highest BCUT2D eigenvalue weighted by Gasteiger charge is 2.03. The van der Waals surface area contributed by atoms with Crippen LogP contribution >= 0.6 is 0 Å². The van der Waals surface area contributed by atoms with Gasteiger partial charge in [0.15, 0.2) is 0 Å². The maximum atomic E-state index is 7.22. The van der Waals surface area contributed by atoms with Crippen molar-refractivity contribution >= 4 is 5.84 Å². The normalized spacial score (nSPS) is 12.1. The lowest BCUT2D eigenvalue weighted by Crippen LogP contribution is -2.14. The first-order valence-electron chi connectivity index (χ1n) is 4.60. The number of amidine groups is 1. The Kier molecular flexibility index (Phi) is 3.45. The van der Waals surface area contributed by atoms with E-state index < -0.39 is 0 Å². The van der Waals surface area contributed by atoms with Gasteiger partial charge in [0.2, 0.25) is 0 Å². The molecule has 0 bridgehead atoms. The Labute approximate surface area is 83.6 Å². The molecule has 0 amide bonds. The Balaban J connectivity index is 2.78. The minimum absolute atomic E-state index is 0.0420. The number of hydrogen-bond donors (Lipinski definition) is 2. The van der Waals surface area contributed by atoms with Crippen molar-refractivity contribution in [2.75, 3.05) is 0 Å². The summed E-state index contributed by atoms with van der Waals surface area (Å²) in [7, 11) is 0. The van der Waals surface area contributed by atoms with E-state index in [1.807, 2.05) is 6.92 Å². The van der Waals surface area contributed by atoms with Crippen LogP contribution in [-0.4, -0.2) is 16.9 Å². The molecule has 1 unspecified atom stereocenters. The number of nitrogen functional groups attached to an aromatic ring is 1. The first kappa shape index (κ1) is 10.5. The van der Waals surface area contributed by atoms with Gasteiger partial charge in [0.25, 0.3) is 0 Å². The van der Waals surface area contributed by atoms with Crippen LogP contribution in [0.3, 0.4) is 0 Å². The first-order chi connectivity index (χ1) is 6.63. The Hall–Kier alpha value is -1.58. The molecule has 0 aromatic carbocycles. The van der Waals surface area contributed by atoms with Gasteiger partial charge < -0.3 is 10.5 Å². The molecular formula is C10H15N3O. The van der Waals surface area contributed by atoms with Crippen LogP contribution in [0.4, 0.5) is 0 Å². The zero-order chi connectivity index (χ0) is 10.6. The molecule has 76 valence electrons. The van der Waals surface area contributed by atoms with Gasteiger partial charge in [-0.25, -0.2) is 0 Å². The standard InChI is InChI=1S/C10H15N3O/c1-3-7(2)14-8-4-5-13-9(6-8)10(11)12/h4-7H,3H2,1-2H3,(H3,11,12). The number of nitrogens with two attached hydrogens (primary N) is 1. The lowest BCUT2D eigenvalue weighted by molar-refractivity contribution is 0.217. The number of rotatable bonds is 4. The molecule has 1 aromatic rings. The molecule has 0 aliphatic heterocycles. The molecule has 0 radical (unpaired) electrons. The lowest BCUT2D eigenvalue weighted by Gasteiger charge is -2.12. The molecule has 1 rings (SSSR count). The SMILES string of the molecule is CCC(C)Oc1ccnc(C(=N)N)c1. The average molecular weight is 193 g/mol. The Morgan fingerprint density at radius 2 is 2.43 bits per heavy atom. The van der Waals surface area contributed by atoms with E-state index in [1.165, 1.54) is 0 Å². The number of pyridine rings is 1. The highest BCUT2D eigenvalue weighted by Crippen LogP contribution is 2.13. The van der Waals surface area contributed by atoms with Crippen LogP contribution in [0, 0.1) is 5.41 Å². The molecule has 4 nitrogen and oxygen atoms in total. The van der Waals surface area contributed by atoms with E-state index in [-0.39, 0.29) is 11.9 Å². The van der Waals surface area contributed by atoms with E-state index in [0.717, 1.165) is 6.42 Å². The van der Waals surface area contributed by atoms with Crippen molar-refractivity contribution in [1.29, 1.82) is 5.41 Å². The van der Waals surface area contributed by atoms with E-state index in [9.17, 15) is 0 Å². The highest BCUT2D eigenvalue weighted by atomic mass is 16.5. The fraction of sp³-hybridized carbons (Fsp3) is 0.400. The zero-order valence-electron chi connectivity index (χ0n) is 8.45. The van der Waals surface area contributed by atoms with E-state index >= 15 is 0 Å². The summed E-state index contributed by atoms with van der Waals surface area (Å²) in [6, 6.07) is 3.44. The second-order valence-electron chi connectivity index (χ2n) is 3.13. The van der Waals surface area contributed by atoms with Gasteiger partial charge in [-0.1, -0.05) is 6.92 Å². The van der Waals surface area contributed by atoms with Gasteiger partial charge >= 0.3 is 0 Å². The number of nitrogens with zero attached hydrogens (tertiary/aromatic N) is 1. The molecule has 3 N–H and O–H groups in total. The molecule has 0 saturated heterocycles. The summed E-state index contributed by atoms with van der Waals surface area (Å²) in [6.07, 6.45) is 2.70. The van der Waals surface area contributed by atoms with Crippen molar-refractivity contribution in [3.05, 3.63) is 24.0 Å². The molecular weight excluding hydrogens is 178 g/mol. The maximum absolute atomic E-state index is 7.22. The summed E-state index contributed by atoms with van der Waals surface area (Å²) in [6.45, 7) is 4.05. The van der Waals surface area contributed by atoms with Crippen molar-refractivity contribution < 1.29 is 4.74 Å². The predicted octanol–water partition coefficient (Wildman–Crippen LogP) is 1.54. The van der Waals surface area contributed by atoms with E-state index in [0.29, 0.717) is 11.4 Å². The van der Waals surface area contributed by atoms with Crippen molar-refractivity contribution in [1.82, 2.24) is 4.98 Å². The number of nitrogens with one attached hydrogen (secondary N) is 1. The van der Waals surface area contributed by atoms with E-state index in [1.54, 1.807) is 18.3 Å². The molecule has 0 aliphatic rings. The van der Waals surface area contributed by atoms with Crippen LogP contribution < -0.4 is 10.5 Å². The van der Waals surface area contributed by atoms with Crippen LogP contribution in [-0.2, 0) is 0 Å². The van der Waals surface area contributed by atoms with E-state index in [2.05, 4.69) is 11.9 Å². The Bertz CT molecular complexity index is 325. The summed E-state index contributed by atoms with van der Waals surface area (Å²) in [5.41, 5.74) is 5.76. The van der Waals surface area contributed by atoms with Crippen LogP contribution in [0.2, 0.25) is 0 Å². The van der Waals surface area contributed by atoms with Crippen molar-refractivity contribution in [3.63, 3.8) is 0 Å². The highest BCUT2D eigenvalue weighted by molar-refractivity contribution is 5.93. The molecule has 1 atom stereocenters. The molecule has 0 saturated carbocycles. The molecule has 4 heteroatoms. The number of hydrogen-bond acceptors (Lipinski definition) is 3. The molecule has 0 spiro atoms. The van der Waals surface area contributed by atoms with Gasteiger partial charge in [-0.15, -0.1) is 0 Å². The Morgan fingerprint density at radius 3 is 3.00 bits per heavy atom. The monoisotopic (exact) mass is 193 g/mol. The summed E-state index contributed by atoms with van der Waals surface area (Å²) >= 11 is 0. The zero-order valence-corrected chi connectivity index (χ0v) is 8.45. The van der Waals surface area contributed by atoms with Gasteiger partial charge in [-0.2, -0.15) is 0 Å². The topological polar surface area (TPSA) is 72.0 Å². The van der Waals surface area contributed by atoms with Gasteiger partial charge in [0, 0.05) is 12.3 Å². The maximum Gasteiger partial charge on any atom is 0.141 e. The van der Waals surface area contributed by atoms with Crippen molar-refractivity contribution in [2.24, 2.45) is 5.73 Å². The van der Waals surface area contributed by atoms with Crippen molar-refractivity contribution in [3.8, 4) is 5.75 Å². The molecule has 0 aliphatic carbocycles. The fourth-order valence-electron chi connectivity index (χ4n) is 0.947. The minimum atomic E-state index is -0.0420. The molecule has 0 fully saturated rings. The van der Waals surface area contributed by atoms with Gasteiger partial charge in [0.1, 0.15) is 17.3 Å². The van der Waals surface area contributed by atoms with Crippen LogP contribution in [0.1, 0.15) is 26.0 Å². The first-order valence-corrected chi connectivity index (χ1v) is 4.60. The molecule has 1 aromatic heterocycles. The number of ether oxygens (including phenoxy) is 1. The van der Waals surface area contributed by atoms with Gasteiger partial charge in [-0.3, -0.25) is 10.4 Å². The largest absolute Gasteiger partial charge is 0.491 e. The third-order valence-electron chi connectivity index (χ3n) is 1.92. The minimum Gasteiger partial charge on any atom is -0.491 e. The quantitative estimate of drug-likeness (QED) is 0.562. The molecule has 1 heterocycles.